The molecule has 0 aromatic heterocycles. The molecule has 22 heavy (non-hydrogen) atoms. The molecule has 1 aliphatic rings. The van der Waals surface area contributed by atoms with Crippen LogP contribution in [0.5, 0.6) is 0 Å². The van der Waals surface area contributed by atoms with E-state index in [2.05, 4.69) is 61.5 Å². The van der Waals surface area contributed by atoms with Crippen LogP contribution in [0.4, 0.5) is 0 Å². The molecule has 0 heterocycles. The molecule has 1 nitrogen and oxygen atoms in total. The van der Waals surface area contributed by atoms with Crippen molar-refractivity contribution in [1.82, 2.24) is 0 Å². The second-order valence-electron chi connectivity index (χ2n) is 6.19. The highest BCUT2D eigenvalue weighted by atomic mass is 16.1. The van der Waals surface area contributed by atoms with Gasteiger partial charge in [0, 0.05) is 12.0 Å². The summed E-state index contributed by atoms with van der Waals surface area (Å²) in [5.74, 6) is 0.259. The van der Waals surface area contributed by atoms with Crippen LogP contribution in [-0.2, 0) is 6.42 Å². The van der Waals surface area contributed by atoms with Crippen LogP contribution in [0.25, 0.3) is 32.3 Å². The van der Waals surface area contributed by atoms with Gasteiger partial charge in [-0.1, -0.05) is 48.5 Å². The van der Waals surface area contributed by atoms with Crippen molar-refractivity contribution in [3.8, 4) is 0 Å². The topological polar surface area (TPSA) is 17.1 Å². The number of rotatable bonds is 0. The molecular weight excluding hydrogens is 268 g/mol. The van der Waals surface area contributed by atoms with E-state index in [1.54, 1.807) is 0 Å². The predicted octanol–water partition coefficient (Wildman–Crippen LogP) is 5.19. The molecule has 0 N–H and O–H groups in total. The maximum Gasteiger partial charge on any atom is 0.168 e. The molecule has 5 rings (SSSR count). The SMILES string of the molecule is Cc1ccc2cc3c(ccc4ccccc43)c3c2c1CC3=O. The third-order valence-corrected chi connectivity index (χ3v) is 4.99. The van der Waals surface area contributed by atoms with Crippen LogP contribution in [0.3, 0.4) is 0 Å². The number of carbonyl (C=O) groups excluding carboxylic acids is 1. The quantitative estimate of drug-likeness (QED) is 0.320. The number of hydrogen-bond acceptors (Lipinski definition) is 1. The molecule has 0 aliphatic heterocycles. The van der Waals surface area contributed by atoms with Gasteiger partial charge in [0.25, 0.3) is 0 Å². The van der Waals surface area contributed by atoms with Gasteiger partial charge in [0.1, 0.15) is 0 Å². The molecule has 1 aliphatic carbocycles. The largest absolute Gasteiger partial charge is 0.294 e. The van der Waals surface area contributed by atoms with Gasteiger partial charge in [-0.05, 0) is 56.4 Å². The van der Waals surface area contributed by atoms with Crippen molar-refractivity contribution < 1.29 is 4.79 Å². The standard InChI is InChI=1S/C21H14O/c1-12-6-7-14-10-18-15-5-3-2-4-13(15)8-9-16(18)21-19(22)11-17(12)20(14)21/h2-10H,11H2,1H3. The second kappa shape index (κ2) is 3.95. The Kier molecular flexibility index (Phi) is 2.14. The third-order valence-electron chi connectivity index (χ3n) is 4.99. The van der Waals surface area contributed by atoms with Crippen molar-refractivity contribution in [2.45, 2.75) is 13.3 Å². The number of Topliss-reactive ketones (excluding diaryl/α,β-unsaturated/α-hetero) is 1. The molecule has 0 spiro atoms. The van der Waals surface area contributed by atoms with Gasteiger partial charge in [0.2, 0.25) is 0 Å². The van der Waals surface area contributed by atoms with E-state index in [1.165, 1.54) is 38.1 Å². The van der Waals surface area contributed by atoms with Crippen LogP contribution in [0, 0.1) is 6.92 Å². The zero-order valence-electron chi connectivity index (χ0n) is 12.3. The summed E-state index contributed by atoms with van der Waals surface area (Å²) >= 11 is 0. The summed E-state index contributed by atoms with van der Waals surface area (Å²) < 4.78 is 0. The summed E-state index contributed by atoms with van der Waals surface area (Å²) in [7, 11) is 0. The fourth-order valence-corrected chi connectivity index (χ4v) is 3.91. The number of ketones is 1. The summed E-state index contributed by atoms with van der Waals surface area (Å²) in [6, 6.07) is 19.2. The molecule has 0 atom stereocenters. The summed E-state index contributed by atoms with van der Waals surface area (Å²) in [4.78, 5) is 12.6. The summed E-state index contributed by atoms with van der Waals surface area (Å²) in [5.41, 5.74) is 3.37. The molecule has 0 fully saturated rings. The zero-order valence-corrected chi connectivity index (χ0v) is 12.3. The third kappa shape index (κ3) is 1.36. The Bertz CT molecular complexity index is 1120. The first-order valence-electron chi connectivity index (χ1n) is 7.64. The first-order valence-corrected chi connectivity index (χ1v) is 7.64. The van der Waals surface area contributed by atoms with Gasteiger partial charge in [0.05, 0.1) is 0 Å². The van der Waals surface area contributed by atoms with Gasteiger partial charge in [-0.2, -0.15) is 0 Å². The molecule has 0 amide bonds. The molecule has 0 saturated heterocycles. The lowest BCUT2D eigenvalue weighted by atomic mass is 9.93. The van der Waals surface area contributed by atoms with E-state index in [9.17, 15) is 4.79 Å². The van der Waals surface area contributed by atoms with Gasteiger partial charge < -0.3 is 0 Å². The van der Waals surface area contributed by atoms with Crippen LogP contribution in [-0.4, -0.2) is 5.78 Å². The highest BCUT2D eigenvalue weighted by molar-refractivity contribution is 6.27. The van der Waals surface area contributed by atoms with Crippen LogP contribution >= 0.6 is 0 Å². The lowest BCUT2D eigenvalue weighted by molar-refractivity contribution is 0.100. The van der Waals surface area contributed by atoms with Gasteiger partial charge >= 0.3 is 0 Å². The molecule has 104 valence electrons. The highest BCUT2D eigenvalue weighted by Gasteiger charge is 2.26. The van der Waals surface area contributed by atoms with Crippen LogP contribution in [0.2, 0.25) is 0 Å². The number of fused-ring (bicyclic) bond motifs is 4. The minimum Gasteiger partial charge on any atom is -0.294 e. The normalized spacial score (nSPS) is 13.6. The number of hydrogen-bond donors (Lipinski definition) is 0. The molecule has 0 bridgehead atoms. The van der Waals surface area contributed by atoms with Crippen molar-refractivity contribution in [2.75, 3.05) is 0 Å². The van der Waals surface area contributed by atoms with Crippen molar-refractivity contribution in [2.24, 2.45) is 0 Å². The number of aryl methyl sites for hydroxylation is 1. The maximum absolute atomic E-state index is 12.6. The molecule has 4 aromatic carbocycles. The van der Waals surface area contributed by atoms with Crippen molar-refractivity contribution in [3.05, 3.63) is 71.3 Å². The van der Waals surface area contributed by atoms with Gasteiger partial charge in [-0.25, -0.2) is 0 Å². The molecule has 4 aromatic rings. The first-order chi connectivity index (χ1) is 10.7. The summed E-state index contributed by atoms with van der Waals surface area (Å²) in [5, 5.41) is 7.09. The first kappa shape index (κ1) is 11.9. The molecule has 0 saturated carbocycles. The van der Waals surface area contributed by atoms with Gasteiger partial charge in [-0.15, -0.1) is 0 Å². The summed E-state index contributed by atoms with van der Waals surface area (Å²) in [6.45, 7) is 2.10. The average Bonchev–Trinajstić information content (AvgIpc) is 2.90. The van der Waals surface area contributed by atoms with E-state index < -0.39 is 0 Å². The van der Waals surface area contributed by atoms with E-state index in [-0.39, 0.29) is 5.78 Å². The Morgan fingerprint density at radius 2 is 1.64 bits per heavy atom. The Labute approximate surface area is 128 Å². The monoisotopic (exact) mass is 282 g/mol. The van der Waals surface area contributed by atoms with Crippen LogP contribution in [0.1, 0.15) is 21.5 Å². The van der Waals surface area contributed by atoms with E-state index in [0.29, 0.717) is 6.42 Å². The molecule has 0 radical (unpaired) electrons. The van der Waals surface area contributed by atoms with E-state index in [0.717, 1.165) is 10.9 Å². The minimum atomic E-state index is 0.259. The number of carbonyl (C=O) groups is 1. The van der Waals surface area contributed by atoms with Gasteiger partial charge in [-0.3, -0.25) is 4.79 Å². The molecule has 0 unspecified atom stereocenters. The Morgan fingerprint density at radius 1 is 0.818 bits per heavy atom. The fourth-order valence-electron chi connectivity index (χ4n) is 3.91. The van der Waals surface area contributed by atoms with Crippen molar-refractivity contribution in [1.29, 1.82) is 0 Å². The Balaban J connectivity index is 2.11. The van der Waals surface area contributed by atoms with Crippen molar-refractivity contribution >= 4 is 38.1 Å². The zero-order chi connectivity index (χ0) is 14.8. The summed E-state index contributed by atoms with van der Waals surface area (Å²) in [6.07, 6.45) is 0.546. The average molecular weight is 282 g/mol. The Morgan fingerprint density at radius 3 is 2.55 bits per heavy atom. The van der Waals surface area contributed by atoms with Crippen molar-refractivity contribution in [3.63, 3.8) is 0 Å². The second-order valence-corrected chi connectivity index (χ2v) is 6.19. The van der Waals surface area contributed by atoms with Crippen LogP contribution in [0.15, 0.2) is 54.6 Å². The minimum absolute atomic E-state index is 0.259. The number of benzene rings is 4. The highest BCUT2D eigenvalue weighted by Crippen LogP contribution is 2.40. The van der Waals surface area contributed by atoms with E-state index in [1.807, 2.05) is 0 Å². The lowest BCUT2D eigenvalue weighted by Gasteiger charge is -2.10. The lowest BCUT2D eigenvalue weighted by Crippen LogP contribution is -1.96. The van der Waals surface area contributed by atoms with E-state index >= 15 is 0 Å². The predicted molar refractivity (Wildman–Crippen MR) is 91.7 cm³/mol. The van der Waals surface area contributed by atoms with Gasteiger partial charge in [0.15, 0.2) is 5.78 Å². The molecular formula is C21H14O. The van der Waals surface area contributed by atoms with Crippen LogP contribution < -0.4 is 0 Å². The smallest absolute Gasteiger partial charge is 0.168 e. The fraction of sp³-hybridized carbons (Fsp3) is 0.0952. The Hall–Kier alpha value is -2.67. The maximum atomic E-state index is 12.6. The van der Waals surface area contributed by atoms with E-state index in [4.69, 9.17) is 0 Å². The molecule has 1 heteroatoms.